The molecule has 0 amide bonds. The van der Waals surface area contributed by atoms with Crippen LogP contribution in [0.15, 0.2) is 0 Å². The van der Waals surface area contributed by atoms with E-state index >= 15 is 0 Å². The molecule has 0 radical (unpaired) electrons. The van der Waals surface area contributed by atoms with Gasteiger partial charge < -0.3 is 5.73 Å². The number of nitrogens with two attached hydrogens (primary N) is 1. The molecule has 7 heavy (non-hydrogen) atoms. The molecule has 2 heteroatoms. The van der Waals surface area contributed by atoms with E-state index in [1.54, 1.807) is 0 Å². The van der Waals surface area contributed by atoms with E-state index in [2.05, 4.69) is 13.8 Å². The van der Waals surface area contributed by atoms with Gasteiger partial charge in [0, 0.05) is 6.04 Å². The molecule has 0 heterocycles. The molecule has 0 aliphatic heterocycles. The normalized spacial score (nSPS) is 8.57. The quantitative estimate of drug-likeness (QED) is 0.667. The Labute approximate surface area is 56.1 Å². The van der Waals surface area contributed by atoms with Gasteiger partial charge in [0.1, 0.15) is 0 Å². The van der Waals surface area contributed by atoms with E-state index in [-0.39, 0.29) is 17.0 Å². The first-order chi connectivity index (χ1) is 2.81. The molecule has 0 aromatic rings. The highest BCUT2D eigenvalue weighted by molar-refractivity contribution is 8.93. The zero-order chi connectivity index (χ0) is 4.99. The summed E-state index contributed by atoms with van der Waals surface area (Å²) in [5.74, 6) is 0. The monoisotopic (exact) mass is 167 g/mol. The van der Waals surface area contributed by atoms with E-state index < -0.39 is 0 Å². The molecular weight excluding hydrogens is 154 g/mol. The highest BCUT2D eigenvalue weighted by Gasteiger charge is 1.88. The van der Waals surface area contributed by atoms with Crippen LogP contribution in [0.1, 0.15) is 26.7 Å². The lowest BCUT2D eigenvalue weighted by atomic mass is 10.2. The van der Waals surface area contributed by atoms with Gasteiger partial charge in [-0.3, -0.25) is 0 Å². The van der Waals surface area contributed by atoms with Gasteiger partial charge in [0.25, 0.3) is 0 Å². The van der Waals surface area contributed by atoms with Crippen molar-refractivity contribution in [1.82, 2.24) is 0 Å². The van der Waals surface area contributed by atoms with E-state index in [0.717, 1.165) is 12.8 Å². The van der Waals surface area contributed by atoms with Crippen LogP contribution >= 0.6 is 17.0 Å². The highest BCUT2D eigenvalue weighted by atomic mass is 79.9. The van der Waals surface area contributed by atoms with Crippen LogP contribution in [0.5, 0.6) is 0 Å². The highest BCUT2D eigenvalue weighted by Crippen LogP contribution is 1.88. The summed E-state index contributed by atoms with van der Waals surface area (Å²) in [5.41, 5.74) is 5.47. The largest absolute Gasteiger partial charge is 0.328 e. The second-order valence-electron chi connectivity index (χ2n) is 1.58. The molecule has 2 N–H and O–H groups in total. The predicted molar refractivity (Wildman–Crippen MR) is 38.9 cm³/mol. The lowest BCUT2D eigenvalue weighted by molar-refractivity contribution is 0.629. The molecule has 0 atom stereocenters. The van der Waals surface area contributed by atoms with Crippen molar-refractivity contribution in [1.29, 1.82) is 0 Å². The number of hydrogen-bond acceptors (Lipinski definition) is 1. The Hall–Kier alpha value is 0.440. The van der Waals surface area contributed by atoms with Crippen LogP contribution in [-0.4, -0.2) is 6.04 Å². The molecule has 46 valence electrons. The Morgan fingerprint density at radius 1 is 1.29 bits per heavy atom. The minimum atomic E-state index is 0. The van der Waals surface area contributed by atoms with Gasteiger partial charge >= 0.3 is 0 Å². The second-order valence-corrected chi connectivity index (χ2v) is 1.58. The fourth-order valence-corrected chi connectivity index (χ4v) is 0.289. The Balaban J connectivity index is 0. The molecule has 0 unspecified atom stereocenters. The first-order valence-electron chi connectivity index (χ1n) is 2.56. The zero-order valence-electron chi connectivity index (χ0n) is 4.98. The van der Waals surface area contributed by atoms with Gasteiger partial charge in [-0.1, -0.05) is 13.8 Å². The van der Waals surface area contributed by atoms with Crippen molar-refractivity contribution in [3.63, 3.8) is 0 Å². The van der Waals surface area contributed by atoms with E-state index in [1.807, 2.05) is 0 Å². The van der Waals surface area contributed by atoms with Gasteiger partial charge in [-0.15, -0.1) is 17.0 Å². The maximum Gasteiger partial charge on any atom is 0.00335 e. The third-order valence-electron chi connectivity index (χ3n) is 1.05. The average Bonchev–Trinajstić information content (AvgIpc) is 1.65. The van der Waals surface area contributed by atoms with Crippen molar-refractivity contribution in [3.05, 3.63) is 0 Å². The van der Waals surface area contributed by atoms with Gasteiger partial charge in [0.05, 0.1) is 0 Å². The molecule has 0 rings (SSSR count). The van der Waals surface area contributed by atoms with Crippen LogP contribution in [0.4, 0.5) is 0 Å². The third-order valence-corrected chi connectivity index (χ3v) is 1.05. The first-order valence-corrected chi connectivity index (χ1v) is 2.56. The SMILES string of the molecule is Br.CCC(N)CC. The zero-order valence-corrected chi connectivity index (χ0v) is 6.69. The number of halogens is 1. The number of hydrogen-bond donors (Lipinski definition) is 1. The summed E-state index contributed by atoms with van der Waals surface area (Å²) in [6, 6.07) is 0.435. The molecule has 0 bridgehead atoms. The molecule has 0 fully saturated rings. The summed E-state index contributed by atoms with van der Waals surface area (Å²) in [6.07, 6.45) is 2.22. The van der Waals surface area contributed by atoms with Crippen LogP contribution in [0.3, 0.4) is 0 Å². The lowest BCUT2D eigenvalue weighted by Crippen LogP contribution is -2.16. The molecule has 0 saturated heterocycles. The summed E-state index contributed by atoms with van der Waals surface area (Å²) in [5, 5.41) is 0. The fourth-order valence-electron chi connectivity index (χ4n) is 0.289. The Bertz CT molecular complexity index is 27.3. The second kappa shape index (κ2) is 6.44. The molecule has 0 spiro atoms. The van der Waals surface area contributed by atoms with E-state index in [9.17, 15) is 0 Å². The molecule has 0 saturated carbocycles. The van der Waals surface area contributed by atoms with E-state index in [4.69, 9.17) is 5.73 Å². The van der Waals surface area contributed by atoms with Crippen LogP contribution in [0, 0.1) is 0 Å². The number of rotatable bonds is 2. The average molecular weight is 168 g/mol. The van der Waals surface area contributed by atoms with Gasteiger partial charge in [-0.05, 0) is 12.8 Å². The lowest BCUT2D eigenvalue weighted by Gasteiger charge is -1.99. The van der Waals surface area contributed by atoms with Crippen LogP contribution in [-0.2, 0) is 0 Å². The minimum Gasteiger partial charge on any atom is -0.328 e. The molecular formula is C5H14BrN. The Morgan fingerprint density at radius 3 is 1.57 bits per heavy atom. The van der Waals surface area contributed by atoms with Crippen LogP contribution in [0.25, 0.3) is 0 Å². The van der Waals surface area contributed by atoms with E-state index in [1.165, 1.54) is 0 Å². The molecule has 0 aromatic carbocycles. The minimum absolute atomic E-state index is 0. The topological polar surface area (TPSA) is 26.0 Å². The van der Waals surface area contributed by atoms with Crippen molar-refractivity contribution in [2.24, 2.45) is 5.73 Å². The predicted octanol–water partition coefficient (Wildman–Crippen LogP) is 1.71. The fraction of sp³-hybridized carbons (Fsp3) is 1.00. The van der Waals surface area contributed by atoms with Crippen LogP contribution < -0.4 is 5.73 Å². The first kappa shape index (κ1) is 10.4. The summed E-state index contributed by atoms with van der Waals surface area (Å²) in [7, 11) is 0. The van der Waals surface area contributed by atoms with Crippen molar-refractivity contribution < 1.29 is 0 Å². The molecule has 0 aliphatic carbocycles. The Morgan fingerprint density at radius 2 is 1.57 bits per heavy atom. The molecule has 0 aliphatic rings. The van der Waals surface area contributed by atoms with Crippen molar-refractivity contribution >= 4 is 17.0 Å². The van der Waals surface area contributed by atoms with Crippen molar-refractivity contribution in [2.75, 3.05) is 0 Å². The van der Waals surface area contributed by atoms with Crippen molar-refractivity contribution in [3.8, 4) is 0 Å². The smallest absolute Gasteiger partial charge is 0.00335 e. The van der Waals surface area contributed by atoms with Gasteiger partial charge in [0.2, 0.25) is 0 Å². The van der Waals surface area contributed by atoms with E-state index in [0.29, 0.717) is 6.04 Å². The standard InChI is InChI=1S/C5H13N.BrH/c1-3-5(6)4-2;/h5H,3-4,6H2,1-2H3;1H. The summed E-state index contributed by atoms with van der Waals surface area (Å²) in [6.45, 7) is 4.21. The van der Waals surface area contributed by atoms with Gasteiger partial charge in [-0.25, -0.2) is 0 Å². The Kier molecular flexibility index (Phi) is 9.59. The maximum atomic E-state index is 5.47. The molecule has 0 aromatic heterocycles. The summed E-state index contributed by atoms with van der Waals surface area (Å²) < 4.78 is 0. The van der Waals surface area contributed by atoms with Gasteiger partial charge in [0.15, 0.2) is 0 Å². The summed E-state index contributed by atoms with van der Waals surface area (Å²) >= 11 is 0. The maximum absolute atomic E-state index is 5.47. The van der Waals surface area contributed by atoms with Crippen LogP contribution in [0.2, 0.25) is 0 Å². The third kappa shape index (κ3) is 6.44. The van der Waals surface area contributed by atoms with Gasteiger partial charge in [-0.2, -0.15) is 0 Å². The molecule has 1 nitrogen and oxygen atoms in total. The van der Waals surface area contributed by atoms with Crippen molar-refractivity contribution in [2.45, 2.75) is 32.7 Å². The summed E-state index contributed by atoms with van der Waals surface area (Å²) in [4.78, 5) is 0.